The maximum Gasteiger partial charge on any atom is 0.252 e. The Labute approximate surface area is 560 Å². The third-order valence-corrected chi connectivity index (χ3v) is 21.7. The molecule has 0 amide bonds. The van der Waals surface area contributed by atoms with Crippen molar-refractivity contribution in [1.82, 2.24) is 0 Å². The molecule has 10 aromatic carbocycles. The van der Waals surface area contributed by atoms with Gasteiger partial charge in [-0.25, -0.2) is 0 Å². The number of nitrogens with zero attached hydrogens (tertiary/aromatic N) is 3. The zero-order valence-corrected chi connectivity index (χ0v) is 59.5. The molecule has 0 bridgehead atoms. The molecule has 0 radical (unpaired) electrons. The molecule has 2 heterocycles. The molecule has 0 saturated heterocycles. The fourth-order valence-corrected chi connectivity index (χ4v) is 14.4. The summed E-state index contributed by atoms with van der Waals surface area (Å²) >= 11 is 0. The fourth-order valence-electron chi connectivity index (χ4n) is 14.4. The molecular weight excluding hydrogens is 1120 g/mol. The average molecular weight is 1220 g/mol. The van der Waals surface area contributed by atoms with Gasteiger partial charge in [0, 0.05) is 51.2 Å². The summed E-state index contributed by atoms with van der Waals surface area (Å²) in [6, 6.07) is 83.6. The first kappa shape index (κ1) is 64.8. The van der Waals surface area contributed by atoms with Crippen molar-refractivity contribution in [3.63, 3.8) is 0 Å². The standard InChI is InChI=1S/C89H100BN3/c1-20-88(18,21-2)69-30-26-60(27-31-69)62-52-63(61-28-32-70(33-29-61)89(19,22-3)23-4)54-64(53-62)65-55-81-83-82(56-65)93(74-41-24-59(5)25-42-74)80-58-76(91(72-43-34-66(35-44-72)84(6,7)8)73-45-36-67(37-46-73)85(9,10)11)49-50-77(80)90(83)78-57-71(87(15,16)17)40-51-79(78)92(81)75-47-38-68(39-48-75)86(12,13)14/h24-58H,20-23H2,1-19H3. The van der Waals surface area contributed by atoms with E-state index in [4.69, 9.17) is 0 Å². The van der Waals surface area contributed by atoms with Crippen LogP contribution in [0.3, 0.4) is 0 Å². The lowest BCUT2D eigenvalue weighted by atomic mass is 9.33. The molecule has 2 aliphatic rings. The summed E-state index contributed by atoms with van der Waals surface area (Å²) in [7, 11) is 0. The highest BCUT2D eigenvalue weighted by atomic mass is 15.2. The molecule has 0 spiro atoms. The van der Waals surface area contributed by atoms with Crippen molar-refractivity contribution in [2.24, 2.45) is 0 Å². The van der Waals surface area contributed by atoms with Gasteiger partial charge in [0.25, 0.3) is 6.71 Å². The summed E-state index contributed by atoms with van der Waals surface area (Å²) in [5, 5.41) is 0. The van der Waals surface area contributed by atoms with Crippen LogP contribution < -0.4 is 31.1 Å². The number of aryl methyl sites for hydroxylation is 1. The molecule has 4 heteroatoms. The topological polar surface area (TPSA) is 9.72 Å². The molecule has 12 rings (SSSR count). The van der Waals surface area contributed by atoms with E-state index >= 15 is 0 Å². The maximum atomic E-state index is 2.61. The van der Waals surface area contributed by atoms with Gasteiger partial charge in [-0.15, -0.1) is 0 Å². The van der Waals surface area contributed by atoms with Crippen LogP contribution in [-0.4, -0.2) is 6.71 Å². The first-order valence-electron chi connectivity index (χ1n) is 34.7. The smallest absolute Gasteiger partial charge is 0.252 e. The molecule has 0 saturated carbocycles. The Hall–Kier alpha value is -8.34. The van der Waals surface area contributed by atoms with Gasteiger partial charge in [-0.2, -0.15) is 0 Å². The molecule has 0 aromatic heterocycles. The van der Waals surface area contributed by atoms with Crippen molar-refractivity contribution in [2.75, 3.05) is 14.7 Å². The van der Waals surface area contributed by atoms with Gasteiger partial charge in [0.15, 0.2) is 0 Å². The Kier molecular flexibility index (Phi) is 16.9. The highest BCUT2D eigenvalue weighted by Gasteiger charge is 2.45. The number of hydrogen-bond donors (Lipinski definition) is 0. The van der Waals surface area contributed by atoms with Crippen LogP contribution in [0.2, 0.25) is 0 Å². The second kappa shape index (κ2) is 24.2. The Morgan fingerprint density at radius 1 is 0.290 bits per heavy atom. The molecule has 0 aliphatic carbocycles. The first-order chi connectivity index (χ1) is 44.0. The molecule has 0 atom stereocenters. The monoisotopic (exact) mass is 1220 g/mol. The number of benzene rings is 10. The minimum Gasteiger partial charge on any atom is -0.311 e. The molecule has 93 heavy (non-hydrogen) atoms. The van der Waals surface area contributed by atoms with Crippen molar-refractivity contribution in [3.05, 3.63) is 251 Å². The Morgan fingerprint density at radius 3 is 1.04 bits per heavy atom. The van der Waals surface area contributed by atoms with Crippen molar-refractivity contribution in [1.29, 1.82) is 0 Å². The van der Waals surface area contributed by atoms with E-state index in [0.717, 1.165) is 59.7 Å². The zero-order chi connectivity index (χ0) is 66.3. The van der Waals surface area contributed by atoms with Gasteiger partial charge in [0.2, 0.25) is 0 Å². The van der Waals surface area contributed by atoms with Crippen LogP contribution in [0.5, 0.6) is 0 Å². The van der Waals surface area contributed by atoms with E-state index in [2.05, 4.69) is 359 Å². The lowest BCUT2D eigenvalue weighted by Gasteiger charge is -2.45. The van der Waals surface area contributed by atoms with Crippen molar-refractivity contribution in [2.45, 2.75) is 190 Å². The molecule has 0 fully saturated rings. The van der Waals surface area contributed by atoms with Gasteiger partial charge in [0.05, 0.1) is 0 Å². The predicted octanol–water partition coefficient (Wildman–Crippen LogP) is 23.9. The van der Waals surface area contributed by atoms with Crippen LogP contribution >= 0.6 is 0 Å². The molecular formula is C89H100BN3. The van der Waals surface area contributed by atoms with E-state index in [-0.39, 0.29) is 39.2 Å². The molecule has 3 nitrogen and oxygen atoms in total. The Balaban J connectivity index is 1.17. The second-order valence-electron chi connectivity index (χ2n) is 31.8. The van der Waals surface area contributed by atoms with E-state index in [9.17, 15) is 0 Å². The van der Waals surface area contributed by atoms with Crippen LogP contribution in [-0.2, 0) is 32.5 Å². The van der Waals surface area contributed by atoms with Crippen molar-refractivity contribution >= 4 is 74.3 Å². The predicted molar refractivity (Wildman–Crippen MR) is 407 cm³/mol. The van der Waals surface area contributed by atoms with E-state index in [1.807, 2.05) is 0 Å². The number of fused-ring (bicyclic) bond motifs is 4. The quantitative estimate of drug-likeness (QED) is 0.100. The SMILES string of the molecule is CCC(C)(CC)c1ccc(-c2cc(-c3ccc(C(C)(CC)CC)cc3)cc(-c3cc4c5c(c3)N(c3ccc(C)cc3)c3cc(N(c6ccc(C(C)(C)C)cc6)c6ccc(C(C)(C)C)cc6)ccc3B5c3cc(C(C)(C)C)ccc3N4c3ccc(C(C)(C)C)cc3)c2)cc1. The third kappa shape index (κ3) is 12.2. The van der Waals surface area contributed by atoms with Gasteiger partial charge in [0.1, 0.15) is 0 Å². The number of anilines is 9. The summed E-state index contributed by atoms with van der Waals surface area (Å²) in [5.41, 5.74) is 30.8. The molecule has 0 unspecified atom stereocenters. The van der Waals surface area contributed by atoms with Crippen LogP contribution in [0, 0.1) is 6.92 Å². The largest absolute Gasteiger partial charge is 0.311 e. The van der Waals surface area contributed by atoms with Gasteiger partial charge in [-0.05, 0) is 245 Å². The van der Waals surface area contributed by atoms with Crippen LogP contribution in [0.25, 0.3) is 33.4 Å². The minimum atomic E-state index is -0.101. The van der Waals surface area contributed by atoms with Gasteiger partial charge in [-0.3, -0.25) is 0 Å². The molecule has 10 aromatic rings. The lowest BCUT2D eigenvalue weighted by molar-refractivity contribution is 0.439. The van der Waals surface area contributed by atoms with Crippen LogP contribution in [0.1, 0.15) is 189 Å². The van der Waals surface area contributed by atoms with Crippen molar-refractivity contribution in [3.8, 4) is 33.4 Å². The van der Waals surface area contributed by atoms with E-state index in [0.29, 0.717) is 0 Å². The maximum absolute atomic E-state index is 2.61. The van der Waals surface area contributed by atoms with E-state index in [1.165, 1.54) is 106 Å². The van der Waals surface area contributed by atoms with E-state index < -0.39 is 0 Å². The Bertz CT molecular complexity index is 4200. The summed E-state index contributed by atoms with van der Waals surface area (Å²) in [6.07, 6.45) is 4.37. The number of hydrogen-bond acceptors (Lipinski definition) is 3. The molecule has 0 N–H and O–H groups in total. The summed E-state index contributed by atoms with van der Waals surface area (Å²) in [5.74, 6) is 0. The summed E-state index contributed by atoms with van der Waals surface area (Å²) in [4.78, 5) is 7.68. The van der Waals surface area contributed by atoms with Crippen LogP contribution in [0.15, 0.2) is 212 Å². The van der Waals surface area contributed by atoms with E-state index in [1.54, 1.807) is 0 Å². The molecule has 474 valence electrons. The Morgan fingerprint density at radius 2 is 0.634 bits per heavy atom. The zero-order valence-electron chi connectivity index (χ0n) is 59.5. The summed E-state index contributed by atoms with van der Waals surface area (Å²) < 4.78 is 0. The number of rotatable bonds is 14. The average Bonchev–Trinajstić information content (AvgIpc) is 0.695. The van der Waals surface area contributed by atoms with Gasteiger partial charge >= 0.3 is 0 Å². The van der Waals surface area contributed by atoms with Crippen molar-refractivity contribution < 1.29 is 0 Å². The molecule has 2 aliphatic heterocycles. The minimum absolute atomic E-state index is 0.00844. The second-order valence-corrected chi connectivity index (χ2v) is 31.8. The summed E-state index contributed by atoms with van der Waals surface area (Å²) in [6.45, 7) is 44.0. The highest BCUT2D eigenvalue weighted by Crippen LogP contribution is 2.50. The van der Waals surface area contributed by atoms with Gasteiger partial charge < -0.3 is 14.7 Å². The highest BCUT2D eigenvalue weighted by molar-refractivity contribution is 7.00. The normalized spacial score (nSPS) is 13.4. The van der Waals surface area contributed by atoms with Gasteiger partial charge in [-0.1, -0.05) is 245 Å². The fraction of sp³-hybridized carbons (Fsp3) is 0.326. The lowest BCUT2D eigenvalue weighted by Crippen LogP contribution is -2.61. The third-order valence-electron chi connectivity index (χ3n) is 21.7. The first-order valence-corrected chi connectivity index (χ1v) is 34.7. The van der Waals surface area contributed by atoms with Crippen LogP contribution in [0.4, 0.5) is 51.2 Å².